The van der Waals surface area contributed by atoms with Crippen molar-refractivity contribution in [1.29, 1.82) is 0 Å². The number of hydrogen-bond acceptors (Lipinski definition) is 2. The van der Waals surface area contributed by atoms with Crippen molar-refractivity contribution >= 4 is 21.8 Å². The summed E-state index contributed by atoms with van der Waals surface area (Å²) in [5.74, 6) is 3.54. The molecule has 1 amide bonds. The monoisotopic (exact) mass is 260 g/mol. The lowest BCUT2D eigenvalue weighted by atomic mass is 10.0. The number of carbonyl (C=O) groups is 1. The maximum absolute atomic E-state index is 13.3. The van der Waals surface area contributed by atoms with Crippen LogP contribution in [-0.2, 0) is 4.79 Å². The first kappa shape index (κ1) is 11.1. The average Bonchev–Trinajstić information content (AvgIpc) is 2.19. The summed E-state index contributed by atoms with van der Waals surface area (Å²) < 4.78 is 14.0. The van der Waals surface area contributed by atoms with Gasteiger partial charge in [-0.05, 0) is 25.1 Å². The van der Waals surface area contributed by atoms with Crippen LogP contribution >= 0.6 is 15.9 Å². The van der Waals surface area contributed by atoms with Gasteiger partial charge in [0.25, 0.3) is 0 Å². The molecule has 3 nitrogen and oxygen atoms in total. The van der Waals surface area contributed by atoms with Crippen LogP contribution in [0.5, 0.6) is 0 Å². The Labute approximate surface area is 89.6 Å². The molecule has 1 atom stereocenters. The highest BCUT2D eigenvalue weighted by Gasteiger charge is 2.17. The Hall–Kier alpha value is -0.940. The third-order valence-corrected chi connectivity index (χ3v) is 2.45. The number of hydrazine groups is 1. The van der Waals surface area contributed by atoms with Gasteiger partial charge in [-0.2, -0.15) is 0 Å². The van der Waals surface area contributed by atoms with Crippen LogP contribution in [0.4, 0.5) is 4.39 Å². The number of benzene rings is 1. The van der Waals surface area contributed by atoms with Gasteiger partial charge in [0.2, 0.25) is 5.91 Å². The van der Waals surface area contributed by atoms with Crippen molar-refractivity contribution in [2.75, 3.05) is 0 Å². The van der Waals surface area contributed by atoms with Crippen molar-refractivity contribution in [1.82, 2.24) is 5.43 Å². The number of carbonyl (C=O) groups excluding carboxylic acids is 1. The van der Waals surface area contributed by atoms with E-state index >= 15 is 0 Å². The summed E-state index contributed by atoms with van der Waals surface area (Å²) in [5.41, 5.74) is 2.31. The molecule has 76 valence electrons. The van der Waals surface area contributed by atoms with Crippen molar-refractivity contribution in [3.63, 3.8) is 0 Å². The Morgan fingerprint density at radius 1 is 1.64 bits per heavy atom. The third-order valence-electron chi connectivity index (χ3n) is 1.96. The van der Waals surface area contributed by atoms with E-state index in [1.54, 1.807) is 19.1 Å². The zero-order valence-corrected chi connectivity index (χ0v) is 9.14. The standard InChI is InChI=1S/C9H10BrFN2O/c1-5(9(14)13-12)7-4-6(10)2-3-8(7)11/h2-5H,12H2,1H3,(H,13,14). The fourth-order valence-electron chi connectivity index (χ4n) is 1.11. The van der Waals surface area contributed by atoms with E-state index in [2.05, 4.69) is 15.9 Å². The van der Waals surface area contributed by atoms with Gasteiger partial charge in [-0.3, -0.25) is 10.2 Å². The van der Waals surface area contributed by atoms with Crippen LogP contribution in [0.3, 0.4) is 0 Å². The topological polar surface area (TPSA) is 55.1 Å². The molecule has 0 saturated carbocycles. The molecule has 0 fully saturated rings. The molecule has 1 aromatic rings. The smallest absolute Gasteiger partial charge is 0.241 e. The predicted molar refractivity (Wildman–Crippen MR) is 54.8 cm³/mol. The van der Waals surface area contributed by atoms with Crippen molar-refractivity contribution in [2.45, 2.75) is 12.8 Å². The quantitative estimate of drug-likeness (QED) is 0.483. The van der Waals surface area contributed by atoms with Crippen LogP contribution in [0.25, 0.3) is 0 Å². The van der Waals surface area contributed by atoms with Gasteiger partial charge in [-0.25, -0.2) is 10.2 Å². The van der Waals surface area contributed by atoms with Crippen LogP contribution in [0, 0.1) is 5.82 Å². The summed E-state index contributed by atoms with van der Waals surface area (Å²) in [6.07, 6.45) is 0. The van der Waals surface area contributed by atoms with E-state index in [-0.39, 0.29) is 0 Å². The van der Waals surface area contributed by atoms with Gasteiger partial charge >= 0.3 is 0 Å². The van der Waals surface area contributed by atoms with E-state index in [1.807, 2.05) is 5.43 Å². The van der Waals surface area contributed by atoms with Crippen molar-refractivity contribution in [3.05, 3.63) is 34.1 Å². The molecule has 0 radical (unpaired) electrons. The second kappa shape index (κ2) is 4.52. The van der Waals surface area contributed by atoms with Crippen LogP contribution in [0.2, 0.25) is 0 Å². The number of rotatable bonds is 2. The van der Waals surface area contributed by atoms with Crippen LogP contribution in [0.15, 0.2) is 22.7 Å². The molecule has 0 aromatic heterocycles. The van der Waals surface area contributed by atoms with Gasteiger partial charge < -0.3 is 0 Å². The van der Waals surface area contributed by atoms with Gasteiger partial charge in [-0.15, -0.1) is 0 Å². The zero-order valence-electron chi connectivity index (χ0n) is 7.55. The molecular formula is C9H10BrFN2O. The minimum absolute atomic E-state index is 0.322. The van der Waals surface area contributed by atoms with Crippen molar-refractivity contribution in [3.8, 4) is 0 Å². The molecule has 5 heteroatoms. The molecule has 0 spiro atoms. The zero-order chi connectivity index (χ0) is 10.7. The maximum Gasteiger partial charge on any atom is 0.241 e. The lowest BCUT2D eigenvalue weighted by Gasteiger charge is -2.11. The molecule has 1 unspecified atom stereocenters. The SMILES string of the molecule is CC(C(=O)NN)c1cc(Br)ccc1F. The Balaban J connectivity index is 3.05. The van der Waals surface area contributed by atoms with Gasteiger partial charge in [0, 0.05) is 10.0 Å². The minimum atomic E-state index is -0.600. The normalized spacial score (nSPS) is 12.3. The summed E-state index contributed by atoms with van der Waals surface area (Å²) in [6.45, 7) is 1.59. The second-order valence-electron chi connectivity index (χ2n) is 2.90. The fraction of sp³-hybridized carbons (Fsp3) is 0.222. The average molecular weight is 261 g/mol. The molecule has 3 N–H and O–H groups in total. The lowest BCUT2D eigenvalue weighted by Crippen LogP contribution is -2.34. The van der Waals surface area contributed by atoms with E-state index in [9.17, 15) is 9.18 Å². The van der Waals surface area contributed by atoms with Crippen molar-refractivity contribution < 1.29 is 9.18 Å². The largest absolute Gasteiger partial charge is 0.294 e. The Morgan fingerprint density at radius 2 is 2.29 bits per heavy atom. The van der Waals surface area contributed by atoms with Gasteiger partial charge in [-0.1, -0.05) is 15.9 Å². The van der Waals surface area contributed by atoms with Gasteiger partial charge in [0.15, 0.2) is 0 Å². The van der Waals surface area contributed by atoms with E-state index in [0.29, 0.717) is 5.56 Å². The molecule has 0 heterocycles. The first-order chi connectivity index (χ1) is 6.56. The highest BCUT2D eigenvalue weighted by Crippen LogP contribution is 2.22. The van der Waals surface area contributed by atoms with Crippen LogP contribution in [0.1, 0.15) is 18.4 Å². The first-order valence-electron chi connectivity index (χ1n) is 4.01. The van der Waals surface area contributed by atoms with E-state index in [4.69, 9.17) is 5.84 Å². The molecule has 0 saturated heterocycles. The molecule has 1 aromatic carbocycles. The van der Waals surface area contributed by atoms with Gasteiger partial charge in [0.1, 0.15) is 5.82 Å². The highest BCUT2D eigenvalue weighted by atomic mass is 79.9. The first-order valence-corrected chi connectivity index (χ1v) is 4.81. The number of halogens is 2. The Kier molecular flexibility index (Phi) is 3.60. The second-order valence-corrected chi connectivity index (χ2v) is 3.81. The third kappa shape index (κ3) is 2.30. The molecule has 0 aliphatic rings. The summed E-state index contributed by atoms with van der Waals surface area (Å²) in [7, 11) is 0. The number of hydrogen-bond donors (Lipinski definition) is 2. The summed E-state index contributed by atoms with van der Waals surface area (Å²) in [4.78, 5) is 11.2. The van der Waals surface area contributed by atoms with Crippen LogP contribution in [-0.4, -0.2) is 5.91 Å². The van der Waals surface area contributed by atoms with E-state index in [0.717, 1.165) is 4.47 Å². The van der Waals surface area contributed by atoms with E-state index < -0.39 is 17.6 Å². The molecule has 0 bridgehead atoms. The van der Waals surface area contributed by atoms with Crippen molar-refractivity contribution in [2.24, 2.45) is 5.84 Å². The molecular weight excluding hydrogens is 251 g/mol. The number of amides is 1. The number of nitrogens with two attached hydrogens (primary N) is 1. The predicted octanol–water partition coefficient (Wildman–Crippen LogP) is 1.68. The molecule has 0 aliphatic carbocycles. The van der Waals surface area contributed by atoms with Crippen LogP contribution < -0.4 is 11.3 Å². The Morgan fingerprint density at radius 3 is 2.86 bits per heavy atom. The lowest BCUT2D eigenvalue weighted by molar-refractivity contribution is -0.122. The number of nitrogens with one attached hydrogen (secondary N) is 1. The van der Waals surface area contributed by atoms with Gasteiger partial charge in [0.05, 0.1) is 5.92 Å². The maximum atomic E-state index is 13.3. The highest BCUT2D eigenvalue weighted by molar-refractivity contribution is 9.10. The molecule has 14 heavy (non-hydrogen) atoms. The van der Waals surface area contributed by atoms with E-state index in [1.165, 1.54) is 6.07 Å². The Bertz CT molecular complexity index is 357. The minimum Gasteiger partial charge on any atom is -0.294 e. The molecule has 0 aliphatic heterocycles. The fourth-order valence-corrected chi connectivity index (χ4v) is 1.49. The summed E-state index contributed by atoms with van der Waals surface area (Å²) in [5, 5.41) is 0. The molecule has 1 rings (SSSR count). The summed E-state index contributed by atoms with van der Waals surface area (Å²) >= 11 is 3.21. The summed E-state index contributed by atoms with van der Waals surface area (Å²) in [6, 6.07) is 4.45.